The van der Waals surface area contributed by atoms with E-state index in [-0.39, 0.29) is 6.61 Å². The molecule has 2 rings (SSSR count). The van der Waals surface area contributed by atoms with Crippen molar-refractivity contribution in [2.45, 2.75) is 11.9 Å². The molecule has 0 N–H and O–H groups in total. The van der Waals surface area contributed by atoms with Gasteiger partial charge in [0.1, 0.15) is 12.4 Å². The molecule has 2 aromatic rings. The number of alkyl halides is 1. The lowest BCUT2D eigenvalue weighted by Crippen LogP contribution is -1.99. The van der Waals surface area contributed by atoms with Gasteiger partial charge in [-0.05, 0) is 29.8 Å². The van der Waals surface area contributed by atoms with Gasteiger partial charge in [0, 0.05) is 11.4 Å². The Labute approximate surface area is 122 Å². The molecule has 0 aliphatic rings. The zero-order valence-electron chi connectivity index (χ0n) is 10.3. The molecule has 0 spiro atoms. The summed E-state index contributed by atoms with van der Waals surface area (Å²) in [6.45, 7) is 0.115. The lowest BCUT2D eigenvalue weighted by Gasteiger charge is -2.06. The first-order valence-electron chi connectivity index (χ1n) is 5.66. The highest BCUT2D eigenvalue weighted by atomic mass is 79.9. The molecule has 104 valence electrons. The number of rotatable bonds is 5. The van der Waals surface area contributed by atoms with Gasteiger partial charge in [0.05, 0.1) is 16.8 Å². The van der Waals surface area contributed by atoms with Gasteiger partial charge in [-0.2, -0.15) is 4.39 Å². The first-order chi connectivity index (χ1) is 9.60. The number of aromatic nitrogens is 1. The summed E-state index contributed by atoms with van der Waals surface area (Å²) < 4.78 is 18.8. The van der Waals surface area contributed by atoms with E-state index in [1.54, 1.807) is 18.3 Å². The van der Waals surface area contributed by atoms with Crippen LogP contribution in [0.3, 0.4) is 0 Å². The number of pyridine rings is 1. The minimum Gasteiger partial charge on any atom is -0.487 e. The highest BCUT2D eigenvalue weighted by Gasteiger charge is 2.13. The van der Waals surface area contributed by atoms with Gasteiger partial charge in [-0.3, -0.25) is 15.1 Å². The molecular formula is C13H10BrFN2O3. The summed E-state index contributed by atoms with van der Waals surface area (Å²) in [5.74, 6) is -0.322. The van der Waals surface area contributed by atoms with Crippen LogP contribution in [0.15, 0.2) is 36.5 Å². The second-order valence-corrected chi connectivity index (χ2v) is 4.51. The van der Waals surface area contributed by atoms with Crippen molar-refractivity contribution in [1.29, 1.82) is 0 Å². The SMILES string of the molecule is O=[N+]([O-])c1ccc(COc2ccc(CBr)nc2)cc1F. The number of halogens is 2. The Morgan fingerprint density at radius 1 is 1.35 bits per heavy atom. The molecule has 1 heterocycles. The molecule has 0 atom stereocenters. The first kappa shape index (κ1) is 14.4. The fourth-order valence-corrected chi connectivity index (χ4v) is 1.86. The number of hydrogen-bond acceptors (Lipinski definition) is 4. The molecule has 0 amide bonds. The van der Waals surface area contributed by atoms with Crippen LogP contribution in [0.25, 0.3) is 0 Å². The molecule has 20 heavy (non-hydrogen) atoms. The standard InChI is InChI=1S/C13H10BrFN2O3/c14-6-10-2-3-11(7-16-10)20-8-9-1-4-13(17(18)19)12(15)5-9/h1-5,7H,6,8H2. The molecular weight excluding hydrogens is 331 g/mol. The van der Waals surface area contributed by atoms with Crippen molar-refractivity contribution in [2.75, 3.05) is 0 Å². The van der Waals surface area contributed by atoms with Crippen molar-refractivity contribution in [3.05, 3.63) is 63.7 Å². The van der Waals surface area contributed by atoms with Gasteiger partial charge in [-0.1, -0.05) is 15.9 Å². The highest BCUT2D eigenvalue weighted by molar-refractivity contribution is 9.08. The molecule has 1 aromatic carbocycles. The van der Waals surface area contributed by atoms with Gasteiger partial charge in [0.2, 0.25) is 5.82 Å². The molecule has 0 aliphatic carbocycles. The van der Waals surface area contributed by atoms with Gasteiger partial charge in [-0.25, -0.2) is 0 Å². The predicted octanol–water partition coefficient (Wildman–Crippen LogP) is 3.60. The lowest BCUT2D eigenvalue weighted by atomic mass is 10.2. The minimum atomic E-state index is -0.871. The maximum atomic E-state index is 13.4. The van der Waals surface area contributed by atoms with E-state index >= 15 is 0 Å². The van der Waals surface area contributed by atoms with Crippen molar-refractivity contribution in [3.8, 4) is 5.75 Å². The first-order valence-corrected chi connectivity index (χ1v) is 6.79. The number of nitro groups is 1. The maximum absolute atomic E-state index is 13.4. The van der Waals surface area contributed by atoms with Crippen LogP contribution in [-0.4, -0.2) is 9.91 Å². The molecule has 7 heteroatoms. The Morgan fingerprint density at radius 2 is 2.15 bits per heavy atom. The highest BCUT2D eigenvalue weighted by Crippen LogP contribution is 2.19. The van der Waals surface area contributed by atoms with Crippen molar-refractivity contribution < 1.29 is 14.1 Å². The average molecular weight is 341 g/mol. The summed E-state index contributed by atoms with van der Waals surface area (Å²) in [6, 6.07) is 7.24. The van der Waals surface area contributed by atoms with Crippen LogP contribution >= 0.6 is 15.9 Å². The molecule has 0 unspecified atom stereocenters. The van der Waals surface area contributed by atoms with Gasteiger partial charge >= 0.3 is 5.69 Å². The average Bonchev–Trinajstić information content (AvgIpc) is 2.45. The van der Waals surface area contributed by atoms with Crippen LogP contribution in [-0.2, 0) is 11.9 Å². The van der Waals surface area contributed by atoms with Crippen molar-refractivity contribution in [2.24, 2.45) is 0 Å². The number of nitro benzene ring substituents is 1. The summed E-state index contributed by atoms with van der Waals surface area (Å²) in [5, 5.41) is 11.1. The molecule has 0 bridgehead atoms. The van der Waals surface area contributed by atoms with E-state index in [0.29, 0.717) is 16.6 Å². The van der Waals surface area contributed by atoms with Crippen LogP contribution in [0.5, 0.6) is 5.75 Å². The van der Waals surface area contributed by atoms with Crippen LogP contribution in [0, 0.1) is 15.9 Å². The maximum Gasteiger partial charge on any atom is 0.304 e. The van der Waals surface area contributed by atoms with E-state index in [1.807, 2.05) is 0 Å². The second-order valence-electron chi connectivity index (χ2n) is 3.95. The number of nitrogens with zero attached hydrogens (tertiary/aromatic N) is 2. The predicted molar refractivity (Wildman–Crippen MR) is 74.3 cm³/mol. The Balaban J connectivity index is 2.03. The van der Waals surface area contributed by atoms with Crippen molar-refractivity contribution >= 4 is 21.6 Å². The number of ether oxygens (including phenoxy) is 1. The Kier molecular flexibility index (Phi) is 4.62. The topological polar surface area (TPSA) is 65.3 Å². The Morgan fingerprint density at radius 3 is 2.70 bits per heavy atom. The van der Waals surface area contributed by atoms with E-state index in [2.05, 4.69) is 20.9 Å². The summed E-state index contributed by atoms with van der Waals surface area (Å²) in [4.78, 5) is 13.9. The summed E-state index contributed by atoms with van der Waals surface area (Å²) in [5.41, 5.74) is 0.841. The van der Waals surface area contributed by atoms with Crippen LogP contribution in [0.4, 0.5) is 10.1 Å². The zero-order valence-corrected chi connectivity index (χ0v) is 11.8. The van der Waals surface area contributed by atoms with E-state index in [1.165, 1.54) is 6.07 Å². The third kappa shape index (κ3) is 3.51. The fourth-order valence-electron chi connectivity index (χ4n) is 1.53. The van der Waals surface area contributed by atoms with Gasteiger partial charge in [0.25, 0.3) is 0 Å². The zero-order chi connectivity index (χ0) is 14.5. The largest absolute Gasteiger partial charge is 0.487 e. The second kappa shape index (κ2) is 6.42. The quantitative estimate of drug-likeness (QED) is 0.473. The van der Waals surface area contributed by atoms with Crippen LogP contribution in [0.1, 0.15) is 11.3 Å². The van der Waals surface area contributed by atoms with E-state index in [0.717, 1.165) is 17.8 Å². The normalized spacial score (nSPS) is 10.3. The summed E-state index contributed by atoms with van der Waals surface area (Å²) >= 11 is 3.28. The molecule has 0 radical (unpaired) electrons. The van der Waals surface area contributed by atoms with Crippen LogP contribution in [0.2, 0.25) is 0 Å². The third-order valence-electron chi connectivity index (χ3n) is 2.55. The fraction of sp³-hybridized carbons (Fsp3) is 0.154. The van der Waals surface area contributed by atoms with Gasteiger partial charge in [0.15, 0.2) is 0 Å². The van der Waals surface area contributed by atoms with E-state index < -0.39 is 16.4 Å². The lowest BCUT2D eigenvalue weighted by molar-refractivity contribution is -0.387. The van der Waals surface area contributed by atoms with E-state index in [9.17, 15) is 14.5 Å². The Hall–Kier alpha value is -2.02. The number of hydrogen-bond donors (Lipinski definition) is 0. The molecule has 1 aromatic heterocycles. The van der Waals surface area contributed by atoms with E-state index in [4.69, 9.17) is 4.74 Å². The smallest absolute Gasteiger partial charge is 0.304 e. The molecule has 0 saturated heterocycles. The minimum absolute atomic E-state index is 0.115. The number of benzene rings is 1. The van der Waals surface area contributed by atoms with Gasteiger partial charge < -0.3 is 4.74 Å². The molecule has 0 aliphatic heterocycles. The molecule has 5 nitrogen and oxygen atoms in total. The molecule has 0 fully saturated rings. The third-order valence-corrected chi connectivity index (χ3v) is 3.12. The van der Waals surface area contributed by atoms with Crippen molar-refractivity contribution in [3.63, 3.8) is 0 Å². The van der Waals surface area contributed by atoms with Crippen LogP contribution < -0.4 is 4.74 Å². The van der Waals surface area contributed by atoms with Gasteiger partial charge in [-0.15, -0.1) is 0 Å². The monoisotopic (exact) mass is 340 g/mol. The summed E-state index contributed by atoms with van der Waals surface area (Å²) in [6.07, 6.45) is 1.57. The Bertz CT molecular complexity index is 620. The molecule has 0 saturated carbocycles. The summed E-state index contributed by atoms with van der Waals surface area (Å²) in [7, 11) is 0. The van der Waals surface area contributed by atoms with Crippen molar-refractivity contribution in [1.82, 2.24) is 4.98 Å².